The van der Waals surface area contributed by atoms with E-state index in [1.807, 2.05) is 0 Å². The highest BCUT2D eigenvalue weighted by molar-refractivity contribution is 14.1. The van der Waals surface area contributed by atoms with Crippen molar-refractivity contribution in [1.29, 1.82) is 5.26 Å². The first-order valence-corrected chi connectivity index (χ1v) is 4.58. The summed E-state index contributed by atoms with van der Waals surface area (Å²) in [6, 6.07) is 2.55. The topological polar surface area (TPSA) is 79.8 Å². The maximum absolute atomic E-state index is 12.3. The second-order valence-corrected chi connectivity index (χ2v) is 3.56. The van der Waals surface area contributed by atoms with E-state index in [1.165, 1.54) is 6.07 Å². The van der Waals surface area contributed by atoms with Crippen molar-refractivity contribution >= 4 is 28.4 Å². The van der Waals surface area contributed by atoms with Crippen LogP contribution in [0.4, 0.5) is 14.6 Å². The Morgan fingerprint density at radius 1 is 1.67 bits per heavy atom. The fourth-order valence-corrected chi connectivity index (χ4v) is 1.53. The van der Waals surface area contributed by atoms with Crippen LogP contribution in [-0.4, -0.2) is 9.91 Å². The molecule has 78 valence electrons. The van der Waals surface area contributed by atoms with Gasteiger partial charge in [-0.15, -0.1) is 0 Å². The van der Waals surface area contributed by atoms with Crippen LogP contribution < -0.4 is 0 Å². The maximum atomic E-state index is 12.3. The predicted molar refractivity (Wildman–Crippen MR) is 53.3 cm³/mol. The number of hydrogen-bond acceptors (Lipinski definition) is 4. The minimum absolute atomic E-state index is 0.0322. The molecule has 0 saturated heterocycles. The molecule has 0 N–H and O–H groups in total. The zero-order valence-corrected chi connectivity index (χ0v) is 9.10. The average Bonchev–Trinajstić information content (AvgIpc) is 2.16. The first-order chi connectivity index (χ1) is 6.97. The van der Waals surface area contributed by atoms with E-state index < -0.39 is 22.9 Å². The van der Waals surface area contributed by atoms with Crippen LogP contribution in [0.2, 0.25) is 0 Å². The van der Waals surface area contributed by atoms with Crippen molar-refractivity contribution in [3.8, 4) is 6.07 Å². The highest BCUT2D eigenvalue weighted by atomic mass is 127. The molecule has 0 atom stereocenters. The van der Waals surface area contributed by atoms with E-state index in [2.05, 4.69) is 4.98 Å². The van der Waals surface area contributed by atoms with Crippen LogP contribution in [-0.2, 0) is 0 Å². The van der Waals surface area contributed by atoms with Gasteiger partial charge in [0.25, 0.3) is 0 Å². The number of nitriles is 1. The molecule has 0 bridgehead atoms. The fourth-order valence-electron chi connectivity index (χ4n) is 0.867. The van der Waals surface area contributed by atoms with Crippen molar-refractivity contribution < 1.29 is 13.7 Å². The van der Waals surface area contributed by atoms with Gasteiger partial charge in [-0.2, -0.15) is 5.26 Å². The number of aromatic nitrogens is 1. The summed E-state index contributed by atoms with van der Waals surface area (Å²) in [6.45, 7) is 0. The Labute approximate surface area is 96.0 Å². The molecule has 0 aliphatic heterocycles. The molecule has 15 heavy (non-hydrogen) atoms. The number of hydrogen-bond donors (Lipinski definition) is 0. The molecular weight excluding hydrogens is 323 g/mol. The van der Waals surface area contributed by atoms with Gasteiger partial charge in [-0.25, -0.2) is 8.78 Å². The molecule has 1 heterocycles. The molecule has 0 amide bonds. The van der Waals surface area contributed by atoms with E-state index in [4.69, 9.17) is 5.26 Å². The largest absolute Gasteiger partial charge is 0.381 e. The minimum Gasteiger partial charge on any atom is -0.358 e. The van der Waals surface area contributed by atoms with Gasteiger partial charge in [0.2, 0.25) is 5.69 Å². The summed E-state index contributed by atoms with van der Waals surface area (Å²) in [7, 11) is 0. The lowest BCUT2D eigenvalue weighted by molar-refractivity contribution is -0.390. The number of nitro groups is 1. The molecule has 0 unspecified atom stereocenters. The zero-order valence-electron chi connectivity index (χ0n) is 6.95. The van der Waals surface area contributed by atoms with Crippen LogP contribution in [0.1, 0.15) is 17.7 Å². The normalized spacial score (nSPS) is 10.1. The van der Waals surface area contributed by atoms with Gasteiger partial charge >= 0.3 is 12.2 Å². The number of halogens is 3. The van der Waals surface area contributed by atoms with Gasteiger partial charge in [0.1, 0.15) is 6.07 Å². The molecule has 0 aliphatic carbocycles. The standard InChI is InChI=1S/C7H2F2IN3O2/c8-6(9)5-4(10)1-3(2-11)7(12-5)13(14)15/h1,6H. The summed E-state index contributed by atoms with van der Waals surface area (Å²) in [5, 5.41) is 18.9. The van der Waals surface area contributed by atoms with Crippen molar-refractivity contribution in [2.45, 2.75) is 6.43 Å². The van der Waals surface area contributed by atoms with Crippen LogP contribution in [0.25, 0.3) is 0 Å². The van der Waals surface area contributed by atoms with E-state index in [9.17, 15) is 18.9 Å². The molecule has 0 aliphatic rings. The van der Waals surface area contributed by atoms with Crippen molar-refractivity contribution in [3.05, 3.63) is 31.0 Å². The average molecular weight is 325 g/mol. The Balaban J connectivity index is 3.45. The van der Waals surface area contributed by atoms with Crippen molar-refractivity contribution in [2.75, 3.05) is 0 Å². The third-order valence-electron chi connectivity index (χ3n) is 1.48. The molecular formula is C7H2F2IN3O2. The van der Waals surface area contributed by atoms with Gasteiger partial charge in [-0.3, -0.25) is 0 Å². The Hall–Kier alpha value is -1.37. The summed E-state index contributed by atoms with van der Waals surface area (Å²) < 4.78 is 24.7. The molecule has 1 aromatic heterocycles. The third kappa shape index (κ3) is 2.35. The van der Waals surface area contributed by atoms with Gasteiger partial charge in [-0.05, 0) is 38.6 Å². The van der Waals surface area contributed by atoms with E-state index in [1.54, 1.807) is 22.6 Å². The molecule has 0 spiro atoms. The Kier molecular flexibility index (Phi) is 3.46. The molecule has 1 rings (SSSR count). The Bertz CT molecular complexity index is 458. The van der Waals surface area contributed by atoms with Gasteiger partial charge < -0.3 is 10.1 Å². The lowest BCUT2D eigenvalue weighted by Crippen LogP contribution is -2.02. The number of pyridine rings is 1. The Morgan fingerprint density at radius 2 is 2.27 bits per heavy atom. The van der Waals surface area contributed by atoms with Crippen LogP contribution >= 0.6 is 22.6 Å². The lowest BCUT2D eigenvalue weighted by atomic mass is 10.2. The quantitative estimate of drug-likeness (QED) is 0.475. The summed E-state index contributed by atoms with van der Waals surface area (Å²) in [6.07, 6.45) is -2.90. The fraction of sp³-hybridized carbons (Fsp3) is 0.143. The smallest absolute Gasteiger partial charge is 0.358 e. The predicted octanol–water partition coefficient (Wildman–Crippen LogP) is 2.40. The second-order valence-electron chi connectivity index (χ2n) is 2.40. The number of nitrogens with zero attached hydrogens (tertiary/aromatic N) is 3. The molecule has 0 radical (unpaired) electrons. The summed E-state index contributed by atoms with van der Waals surface area (Å²) >= 11 is 1.55. The van der Waals surface area contributed by atoms with E-state index >= 15 is 0 Å². The molecule has 5 nitrogen and oxygen atoms in total. The SMILES string of the molecule is N#Cc1cc(I)c(C(F)F)nc1[N+](=O)[O-]. The second kappa shape index (κ2) is 4.43. The van der Waals surface area contributed by atoms with E-state index in [-0.39, 0.29) is 9.13 Å². The highest BCUT2D eigenvalue weighted by Gasteiger charge is 2.26. The monoisotopic (exact) mass is 325 g/mol. The van der Waals surface area contributed by atoms with E-state index in [0.29, 0.717) is 0 Å². The van der Waals surface area contributed by atoms with Gasteiger partial charge in [0, 0.05) is 0 Å². The molecule has 1 aromatic rings. The molecule has 0 saturated carbocycles. The minimum atomic E-state index is -2.90. The van der Waals surface area contributed by atoms with Gasteiger partial charge in [-0.1, -0.05) is 0 Å². The van der Waals surface area contributed by atoms with Crippen LogP contribution in [0.5, 0.6) is 0 Å². The summed E-state index contributed by atoms with van der Waals surface area (Å²) in [5.41, 5.74) is -1.00. The van der Waals surface area contributed by atoms with Crippen molar-refractivity contribution in [3.63, 3.8) is 0 Å². The number of alkyl halides is 2. The maximum Gasteiger partial charge on any atom is 0.381 e. The lowest BCUT2D eigenvalue weighted by Gasteiger charge is -2.00. The van der Waals surface area contributed by atoms with Crippen molar-refractivity contribution in [2.24, 2.45) is 0 Å². The van der Waals surface area contributed by atoms with Crippen molar-refractivity contribution in [1.82, 2.24) is 4.98 Å². The van der Waals surface area contributed by atoms with Crippen LogP contribution in [0.3, 0.4) is 0 Å². The van der Waals surface area contributed by atoms with Gasteiger partial charge in [0.15, 0.2) is 5.56 Å². The first kappa shape index (κ1) is 11.7. The van der Waals surface area contributed by atoms with Crippen LogP contribution in [0.15, 0.2) is 6.07 Å². The van der Waals surface area contributed by atoms with Gasteiger partial charge in [0.05, 0.1) is 3.57 Å². The Morgan fingerprint density at radius 3 is 2.67 bits per heavy atom. The number of rotatable bonds is 2. The molecule has 8 heteroatoms. The first-order valence-electron chi connectivity index (χ1n) is 3.50. The zero-order chi connectivity index (χ0) is 11.6. The highest BCUT2D eigenvalue weighted by Crippen LogP contribution is 2.27. The summed E-state index contributed by atoms with van der Waals surface area (Å²) in [5.74, 6) is -0.840. The summed E-state index contributed by atoms with van der Waals surface area (Å²) in [4.78, 5) is 12.6. The molecule has 0 fully saturated rings. The van der Waals surface area contributed by atoms with Crippen LogP contribution in [0, 0.1) is 25.0 Å². The third-order valence-corrected chi connectivity index (χ3v) is 2.35. The molecule has 0 aromatic carbocycles. The van der Waals surface area contributed by atoms with E-state index in [0.717, 1.165) is 6.07 Å².